The van der Waals surface area contributed by atoms with E-state index in [1.807, 2.05) is 13.1 Å². The first-order valence-corrected chi connectivity index (χ1v) is 6.79. The van der Waals surface area contributed by atoms with Crippen LogP contribution in [-0.4, -0.2) is 19.7 Å². The molecule has 1 fully saturated rings. The van der Waals surface area contributed by atoms with Crippen molar-refractivity contribution in [1.82, 2.24) is 5.32 Å². The van der Waals surface area contributed by atoms with Crippen LogP contribution in [0.3, 0.4) is 0 Å². The number of rotatable bonds is 6. The fraction of sp³-hybridized carbons (Fsp3) is 0.600. The quantitative estimate of drug-likeness (QED) is 0.784. The van der Waals surface area contributed by atoms with Gasteiger partial charge in [0.05, 0.1) is 6.61 Å². The van der Waals surface area contributed by atoms with Gasteiger partial charge in [0.1, 0.15) is 5.82 Å². The van der Waals surface area contributed by atoms with Crippen LogP contribution in [0.25, 0.3) is 0 Å². The Morgan fingerprint density at radius 1 is 1.33 bits per heavy atom. The molecule has 0 amide bonds. The third-order valence-corrected chi connectivity index (χ3v) is 3.88. The maximum atomic E-state index is 13.3. The monoisotopic (exact) mass is 251 g/mol. The lowest BCUT2D eigenvalue weighted by Gasteiger charge is -2.18. The second-order valence-electron chi connectivity index (χ2n) is 5.02. The number of ether oxygens (including phenoxy) is 1. The van der Waals surface area contributed by atoms with Gasteiger partial charge in [-0.05, 0) is 38.3 Å². The van der Waals surface area contributed by atoms with E-state index in [0.29, 0.717) is 18.2 Å². The Morgan fingerprint density at radius 3 is 2.94 bits per heavy atom. The highest BCUT2D eigenvalue weighted by Gasteiger charge is 2.25. The van der Waals surface area contributed by atoms with E-state index in [9.17, 15) is 4.39 Å². The van der Waals surface area contributed by atoms with Crippen molar-refractivity contribution in [3.05, 3.63) is 35.6 Å². The van der Waals surface area contributed by atoms with Gasteiger partial charge in [-0.25, -0.2) is 4.39 Å². The van der Waals surface area contributed by atoms with Crippen LogP contribution in [0.15, 0.2) is 24.3 Å². The third kappa shape index (κ3) is 3.53. The lowest BCUT2D eigenvalue weighted by Crippen LogP contribution is -2.29. The van der Waals surface area contributed by atoms with Gasteiger partial charge in [0.25, 0.3) is 0 Å². The number of benzene rings is 1. The van der Waals surface area contributed by atoms with Gasteiger partial charge >= 0.3 is 0 Å². The summed E-state index contributed by atoms with van der Waals surface area (Å²) in [5, 5.41) is 3.37. The molecular formula is C15H22FNO. The molecule has 0 bridgehead atoms. The predicted molar refractivity (Wildman–Crippen MR) is 70.9 cm³/mol. The molecule has 18 heavy (non-hydrogen) atoms. The molecule has 0 aliphatic heterocycles. The second kappa shape index (κ2) is 6.86. The lowest BCUT2D eigenvalue weighted by molar-refractivity contribution is 0.102. The number of nitrogens with one attached hydrogen (secondary N) is 1. The van der Waals surface area contributed by atoms with Gasteiger partial charge in [-0.15, -0.1) is 0 Å². The topological polar surface area (TPSA) is 21.3 Å². The number of halogens is 1. The van der Waals surface area contributed by atoms with E-state index < -0.39 is 0 Å². The summed E-state index contributed by atoms with van der Waals surface area (Å²) >= 11 is 0. The first-order valence-electron chi connectivity index (χ1n) is 6.79. The summed E-state index contributed by atoms with van der Waals surface area (Å²) in [7, 11) is 2.03. The zero-order valence-electron chi connectivity index (χ0n) is 11.0. The van der Waals surface area contributed by atoms with E-state index in [1.165, 1.54) is 25.3 Å². The van der Waals surface area contributed by atoms with E-state index in [1.54, 1.807) is 12.1 Å². The highest BCUT2D eigenvalue weighted by molar-refractivity contribution is 5.16. The van der Waals surface area contributed by atoms with E-state index in [0.717, 1.165) is 18.9 Å². The minimum Gasteiger partial charge on any atom is -0.377 e. The molecule has 100 valence electrons. The Kier molecular flexibility index (Phi) is 5.14. The largest absolute Gasteiger partial charge is 0.377 e. The smallest absolute Gasteiger partial charge is 0.128 e. The summed E-state index contributed by atoms with van der Waals surface area (Å²) < 4.78 is 18.9. The van der Waals surface area contributed by atoms with Gasteiger partial charge in [-0.3, -0.25) is 0 Å². The van der Waals surface area contributed by atoms with Gasteiger partial charge < -0.3 is 10.1 Å². The molecule has 1 aliphatic rings. The number of hydrogen-bond acceptors (Lipinski definition) is 2. The molecule has 1 aliphatic carbocycles. The van der Waals surface area contributed by atoms with Gasteiger partial charge in [-0.1, -0.05) is 24.6 Å². The molecule has 2 atom stereocenters. The van der Waals surface area contributed by atoms with Gasteiger partial charge in [-0.2, -0.15) is 0 Å². The van der Waals surface area contributed by atoms with Crippen molar-refractivity contribution < 1.29 is 9.13 Å². The molecule has 3 heteroatoms. The molecule has 0 saturated heterocycles. The van der Waals surface area contributed by atoms with Crippen LogP contribution in [0.1, 0.15) is 31.2 Å². The lowest BCUT2D eigenvalue weighted by atomic mass is 10.0. The van der Waals surface area contributed by atoms with Gasteiger partial charge in [0, 0.05) is 18.2 Å². The molecule has 2 nitrogen and oxygen atoms in total. The molecule has 2 rings (SSSR count). The van der Waals surface area contributed by atoms with Crippen LogP contribution in [0.5, 0.6) is 0 Å². The van der Waals surface area contributed by atoms with Crippen LogP contribution in [0, 0.1) is 11.7 Å². The zero-order chi connectivity index (χ0) is 12.8. The SMILES string of the molecule is CNC1CCCC1CCOCc1ccccc1F. The van der Waals surface area contributed by atoms with Crippen molar-refractivity contribution >= 4 is 0 Å². The van der Waals surface area contributed by atoms with Crippen molar-refractivity contribution in [2.24, 2.45) is 5.92 Å². The van der Waals surface area contributed by atoms with Crippen LogP contribution in [-0.2, 0) is 11.3 Å². The average Bonchev–Trinajstić information content (AvgIpc) is 2.84. The summed E-state index contributed by atoms with van der Waals surface area (Å²) in [4.78, 5) is 0. The summed E-state index contributed by atoms with van der Waals surface area (Å²) in [5.41, 5.74) is 0.647. The molecule has 1 aromatic rings. The molecule has 1 aromatic carbocycles. The molecule has 1 saturated carbocycles. The minimum absolute atomic E-state index is 0.175. The van der Waals surface area contributed by atoms with Crippen LogP contribution in [0.4, 0.5) is 4.39 Å². The molecular weight excluding hydrogens is 229 g/mol. The van der Waals surface area contributed by atoms with E-state index in [-0.39, 0.29) is 5.82 Å². The van der Waals surface area contributed by atoms with Crippen molar-refractivity contribution in [3.63, 3.8) is 0 Å². The highest BCUT2D eigenvalue weighted by atomic mass is 19.1. The first-order chi connectivity index (χ1) is 8.81. The van der Waals surface area contributed by atoms with Crippen molar-refractivity contribution in [3.8, 4) is 0 Å². The molecule has 0 heterocycles. The second-order valence-corrected chi connectivity index (χ2v) is 5.02. The van der Waals surface area contributed by atoms with Crippen molar-refractivity contribution in [2.75, 3.05) is 13.7 Å². The Labute approximate surface area is 109 Å². The summed E-state index contributed by atoms with van der Waals surface area (Å²) in [6.45, 7) is 1.10. The summed E-state index contributed by atoms with van der Waals surface area (Å²) in [6, 6.07) is 7.45. The summed E-state index contributed by atoms with van der Waals surface area (Å²) in [5.74, 6) is 0.544. The van der Waals surface area contributed by atoms with E-state index >= 15 is 0 Å². The van der Waals surface area contributed by atoms with E-state index in [2.05, 4.69) is 5.32 Å². The first kappa shape index (κ1) is 13.5. The highest BCUT2D eigenvalue weighted by Crippen LogP contribution is 2.28. The number of hydrogen-bond donors (Lipinski definition) is 1. The maximum Gasteiger partial charge on any atom is 0.128 e. The Bertz CT molecular complexity index is 369. The molecule has 0 aromatic heterocycles. The maximum absolute atomic E-state index is 13.3. The molecule has 2 unspecified atom stereocenters. The average molecular weight is 251 g/mol. The van der Waals surface area contributed by atoms with Crippen LogP contribution < -0.4 is 5.32 Å². The van der Waals surface area contributed by atoms with Gasteiger partial charge in [0.15, 0.2) is 0 Å². The Hall–Kier alpha value is -0.930. The van der Waals surface area contributed by atoms with Gasteiger partial charge in [0.2, 0.25) is 0 Å². The summed E-state index contributed by atoms with van der Waals surface area (Å²) in [6.07, 6.45) is 4.94. The molecule has 1 N–H and O–H groups in total. The minimum atomic E-state index is -0.175. The van der Waals surface area contributed by atoms with Crippen molar-refractivity contribution in [2.45, 2.75) is 38.3 Å². The van der Waals surface area contributed by atoms with Crippen LogP contribution in [0.2, 0.25) is 0 Å². The fourth-order valence-electron chi connectivity index (χ4n) is 2.79. The Balaban J connectivity index is 1.68. The van der Waals surface area contributed by atoms with Crippen LogP contribution >= 0.6 is 0 Å². The zero-order valence-corrected chi connectivity index (χ0v) is 11.0. The molecule has 0 radical (unpaired) electrons. The Morgan fingerprint density at radius 2 is 2.17 bits per heavy atom. The van der Waals surface area contributed by atoms with E-state index in [4.69, 9.17) is 4.74 Å². The van der Waals surface area contributed by atoms with Crippen molar-refractivity contribution in [1.29, 1.82) is 0 Å². The molecule has 0 spiro atoms. The third-order valence-electron chi connectivity index (χ3n) is 3.88. The predicted octanol–water partition coefficient (Wildman–Crippen LogP) is 3.12. The fourth-order valence-corrected chi connectivity index (χ4v) is 2.79. The standard InChI is InChI=1S/C15H22FNO/c1-17-15-8-4-6-12(15)9-10-18-11-13-5-2-3-7-14(13)16/h2-3,5,7,12,15,17H,4,6,8-11H2,1H3. The normalized spacial score (nSPS) is 23.4.